The number of aromatic nitrogens is 5. The number of anilines is 1. The molecule has 0 aromatic carbocycles. The monoisotopic (exact) mass is 290 g/mol. The zero-order chi connectivity index (χ0) is 13.5. The van der Waals surface area contributed by atoms with Gasteiger partial charge < -0.3 is 5.32 Å². The smallest absolute Gasteiger partial charge is 0.350 e. The zero-order valence-electron chi connectivity index (χ0n) is 9.55. The molecule has 0 radical (unpaired) electrons. The van der Waals surface area contributed by atoms with Crippen LogP contribution in [0.3, 0.4) is 0 Å². The Balaban J connectivity index is 1.78. The van der Waals surface area contributed by atoms with Gasteiger partial charge in [0.05, 0.1) is 6.04 Å². The summed E-state index contributed by atoms with van der Waals surface area (Å²) in [5.74, 6) is 0.718. The van der Waals surface area contributed by atoms with Gasteiger partial charge in [-0.1, -0.05) is 11.3 Å². The van der Waals surface area contributed by atoms with E-state index in [1.54, 1.807) is 4.68 Å². The van der Waals surface area contributed by atoms with Crippen molar-refractivity contribution in [2.75, 3.05) is 5.32 Å². The quantitative estimate of drug-likeness (QED) is 0.917. The van der Waals surface area contributed by atoms with Gasteiger partial charge in [-0.05, 0) is 12.8 Å². The second kappa shape index (κ2) is 4.44. The van der Waals surface area contributed by atoms with Crippen LogP contribution in [0, 0.1) is 0 Å². The van der Waals surface area contributed by atoms with Crippen LogP contribution in [0.5, 0.6) is 0 Å². The molecule has 10 heteroatoms. The first-order chi connectivity index (χ1) is 9.04. The topological polar surface area (TPSA) is 68.5 Å². The van der Waals surface area contributed by atoms with Gasteiger partial charge in [0.2, 0.25) is 10.1 Å². The molecule has 3 rings (SSSR count). The Labute approximate surface area is 109 Å². The fourth-order valence-electron chi connectivity index (χ4n) is 1.97. The summed E-state index contributed by atoms with van der Waals surface area (Å²) < 4.78 is 39.0. The van der Waals surface area contributed by atoms with Crippen molar-refractivity contribution >= 4 is 16.5 Å². The lowest BCUT2D eigenvalue weighted by molar-refractivity contribution is -0.138. The van der Waals surface area contributed by atoms with Crippen LogP contribution in [-0.4, -0.2) is 25.0 Å². The molecule has 0 amide bonds. The standard InChI is InChI=1S/C9H9F3N6S/c10-9(11,12)7-16-17-8(19-7)15-5-2-1-3-18-6(5)13-4-14-18/h4-5H,1-3H2,(H,15,17). The summed E-state index contributed by atoms with van der Waals surface area (Å²) >= 11 is 0.495. The van der Waals surface area contributed by atoms with Crippen LogP contribution in [0.25, 0.3) is 0 Å². The first kappa shape index (κ1) is 12.3. The predicted octanol–water partition coefficient (Wildman–Crippen LogP) is 2.10. The molecule has 19 heavy (non-hydrogen) atoms. The molecule has 1 atom stereocenters. The van der Waals surface area contributed by atoms with Crippen LogP contribution in [0.15, 0.2) is 6.33 Å². The number of rotatable bonds is 2. The molecule has 2 aromatic rings. The molecular weight excluding hydrogens is 281 g/mol. The molecule has 0 saturated heterocycles. The minimum absolute atomic E-state index is 0.147. The van der Waals surface area contributed by atoms with Gasteiger partial charge in [-0.15, -0.1) is 10.2 Å². The summed E-state index contributed by atoms with van der Waals surface area (Å²) in [6.07, 6.45) is -1.35. The van der Waals surface area contributed by atoms with Gasteiger partial charge in [-0.2, -0.15) is 18.3 Å². The SMILES string of the molecule is FC(F)(F)c1nnc(NC2CCCn3ncnc32)s1. The van der Waals surface area contributed by atoms with Gasteiger partial charge >= 0.3 is 6.18 Å². The van der Waals surface area contributed by atoms with Gasteiger partial charge in [-0.25, -0.2) is 9.67 Å². The van der Waals surface area contributed by atoms with Crippen molar-refractivity contribution in [2.45, 2.75) is 31.6 Å². The van der Waals surface area contributed by atoms with Crippen molar-refractivity contribution < 1.29 is 13.2 Å². The van der Waals surface area contributed by atoms with Gasteiger partial charge in [0.25, 0.3) is 0 Å². The highest BCUT2D eigenvalue weighted by molar-refractivity contribution is 7.15. The molecule has 1 N–H and O–H groups in total. The van der Waals surface area contributed by atoms with Crippen molar-refractivity contribution in [1.82, 2.24) is 25.0 Å². The van der Waals surface area contributed by atoms with E-state index in [2.05, 4.69) is 25.6 Å². The average molecular weight is 290 g/mol. The number of halogens is 3. The maximum atomic E-state index is 12.4. The highest BCUT2D eigenvalue weighted by atomic mass is 32.1. The zero-order valence-corrected chi connectivity index (χ0v) is 10.4. The first-order valence-corrected chi connectivity index (χ1v) is 6.40. The molecule has 0 saturated carbocycles. The second-order valence-electron chi connectivity index (χ2n) is 4.09. The number of hydrogen-bond acceptors (Lipinski definition) is 6. The fraction of sp³-hybridized carbons (Fsp3) is 0.556. The van der Waals surface area contributed by atoms with E-state index in [4.69, 9.17) is 0 Å². The fourth-order valence-corrected chi connectivity index (χ4v) is 2.63. The number of nitrogens with one attached hydrogen (secondary N) is 1. The highest BCUT2D eigenvalue weighted by Gasteiger charge is 2.36. The van der Waals surface area contributed by atoms with E-state index in [1.807, 2.05) is 0 Å². The van der Waals surface area contributed by atoms with Crippen LogP contribution in [-0.2, 0) is 12.7 Å². The Morgan fingerprint density at radius 3 is 2.95 bits per heavy atom. The summed E-state index contributed by atoms with van der Waals surface area (Å²) in [7, 11) is 0. The third-order valence-electron chi connectivity index (χ3n) is 2.79. The van der Waals surface area contributed by atoms with Gasteiger partial charge in [0.15, 0.2) is 0 Å². The normalized spacial score (nSPS) is 19.2. The van der Waals surface area contributed by atoms with Gasteiger partial charge in [0.1, 0.15) is 12.2 Å². The molecule has 0 fully saturated rings. The Kier molecular flexibility index (Phi) is 2.88. The lowest BCUT2D eigenvalue weighted by Gasteiger charge is -2.22. The van der Waals surface area contributed by atoms with Crippen LogP contribution in [0.2, 0.25) is 0 Å². The van der Waals surface area contributed by atoms with Crippen LogP contribution in [0.1, 0.15) is 29.7 Å². The Morgan fingerprint density at radius 1 is 1.37 bits per heavy atom. The van der Waals surface area contributed by atoms with Crippen LogP contribution < -0.4 is 5.32 Å². The van der Waals surface area contributed by atoms with E-state index in [1.165, 1.54) is 6.33 Å². The third-order valence-corrected chi connectivity index (χ3v) is 3.68. The van der Waals surface area contributed by atoms with Crippen molar-refractivity contribution in [3.05, 3.63) is 17.2 Å². The number of nitrogens with zero attached hydrogens (tertiary/aromatic N) is 5. The van der Waals surface area contributed by atoms with Gasteiger partial charge in [0, 0.05) is 6.54 Å². The molecular formula is C9H9F3N6S. The molecule has 1 unspecified atom stereocenters. The minimum Gasteiger partial charge on any atom is -0.350 e. The van der Waals surface area contributed by atoms with E-state index in [0.29, 0.717) is 11.3 Å². The van der Waals surface area contributed by atoms with Crippen LogP contribution in [0.4, 0.5) is 18.3 Å². The lowest BCUT2D eigenvalue weighted by Crippen LogP contribution is -2.22. The highest BCUT2D eigenvalue weighted by Crippen LogP contribution is 2.35. The largest absolute Gasteiger partial charge is 0.445 e. The third kappa shape index (κ3) is 2.39. The predicted molar refractivity (Wildman–Crippen MR) is 60.5 cm³/mol. The second-order valence-corrected chi connectivity index (χ2v) is 5.07. The minimum atomic E-state index is -4.45. The van der Waals surface area contributed by atoms with Crippen LogP contribution >= 0.6 is 11.3 Å². The molecule has 0 aliphatic carbocycles. The molecule has 6 nitrogen and oxygen atoms in total. The summed E-state index contributed by atoms with van der Waals surface area (Å²) in [6, 6.07) is -0.176. The number of hydrogen-bond donors (Lipinski definition) is 1. The molecule has 0 spiro atoms. The number of aryl methyl sites for hydroxylation is 1. The summed E-state index contributed by atoms with van der Waals surface area (Å²) in [6.45, 7) is 0.775. The number of alkyl halides is 3. The maximum absolute atomic E-state index is 12.4. The summed E-state index contributed by atoms with van der Waals surface area (Å²) in [5.41, 5.74) is 0. The van der Waals surface area contributed by atoms with E-state index in [-0.39, 0.29) is 11.2 Å². The average Bonchev–Trinajstić information content (AvgIpc) is 2.96. The van der Waals surface area contributed by atoms with Gasteiger partial charge in [-0.3, -0.25) is 0 Å². The lowest BCUT2D eigenvalue weighted by atomic mass is 10.1. The Bertz CT molecular complexity index is 577. The molecule has 102 valence electrons. The summed E-state index contributed by atoms with van der Waals surface area (Å²) in [5, 5.41) is 12.8. The van der Waals surface area contributed by atoms with Crippen molar-refractivity contribution in [3.8, 4) is 0 Å². The van der Waals surface area contributed by atoms with E-state index in [9.17, 15) is 13.2 Å². The van der Waals surface area contributed by atoms with E-state index in [0.717, 1.165) is 25.2 Å². The molecule has 1 aliphatic rings. The van der Waals surface area contributed by atoms with E-state index >= 15 is 0 Å². The Morgan fingerprint density at radius 2 is 2.21 bits per heavy atom. The maximum Gasteiger partial charge on any atom is 0.445 e. The van der Waals surface area contributed by atoms with Crippen molar-refractivity contribution in [1.29, 1.82) is 0 Å². The first-order valence-electron chi connectivity index (χ1n) is 5.59. The van der Waals surface area contributed by atoms with Crippen molar-refractivity contribution in [2.24, 2.45) is 0 Å². The molecule has 2 aromatic heterocycles. The Hall–Kier alpha value is -1.71. The molecule has 3 heterocycles. The molecule has 1 aliphatic heterocycles. The summed E-state index contributed by atoms with van der Waals surface area (Å²) in [4.78, 5) is 4.11. The number of fused-ring (bicyclic) bond motifs is 1. The van der Waals surface area contributed by atoms with Crippen molar-refractivity contribution in [3.63, 3.8) is 0 Å². The van der Waals surface area contributed by atoms with E-state index < -0.39 is 11.2 Å². The molecule has 0 bridgehead atoms.